The Morgan fingerprint density at radius 2 is 1.76 bits per heavy atom. The molecule has 0 aliphatic heterocycles. The van der Waals surface area contributed by atoms with Gasteiger partial charge in [-0.1, -0.05) is 44.2 Å². The monoisotopic (exact) mass is 234 g/mol. The van der Waals surface area contributed by atoms with Crippen molar-refractivity contribution in [2.45, 2.75) is 45.7 Å². The van der Waals surface area contributed by atoms with E-state index >= 15 is 0 Å². The molecule has 0 spiro atoms. The van der Waals surface area contributed by atoms with Gasteiger partial charge in [0, 0.05) is 6.04 Å². The van der Waals surface area contributed by atoms with Crippen LogP contribution in [0.1, 0.15) is 45.2 Å². The van der Waals surface area contributed by atoms with Gasteiger partial charge in [0.25, 0.3) is 0 Å². The Labute approximate surface area is 104 Å². The zero-order chi connectivity index (χ0) is 12.7. The molecule has 1 aromatic carbocycles. The summed E-state index contributed by atoms with van der Waals surface area (Å²) in [6.45, 7) is 6.13. The molecule has 0 heterocycles. The Bertz CT molecular complexity index is 337. The van der Waals surface area contributed by atoms with Gasteiger partial charge in [-0.05, 0) is 25.3 Å². The zero-order valence-corrected chi connectivity index (χ0v) is 10.9. The fraction of sp³-hybridized carbons (Fsp3) is 0.500. The van der Waals surface area contributed by atoms with E-state index in [-0.39, 0.29) is 18.1 Å². The second kappa shape index (κ2) is 6.94. The fourth-order valence-electron chi connectivity index (χ4n) is 1.63. The SMILES string of the molecule is CCC(C)NC(=O)NC(CC)c1ccccc1. The third-order valence-corrected chi connectivity index (χ3v) is 2.91. The number of hydrogen-bond donors (Lipinski definition) is 2. The lowest BCUT2D eigenvalue weighted by Gasteiger charge is -2.19. The van der Waals surface area contributed by atoms with Crippen LogP contribution < -0.4 is 10.6 Å². The van der Waals surface area contributed by atoms with E-state index < -0.39 is 0 Å². The Hall–Kier alpha value is -1.51. The van der Waals surface area contributed by atoms with Crippen molar-refractivity contribution >= 4 is 6.03 Å². The molecular formula is C14H22N2O. The fourth-order valence-corrected chi connectivity index (χ4v) is 1.63. The highest BCUT2D eigenvalue weighted by Crippen LogP contribution is 2.15. The van der Waals surface area contributed by atoms with Crippen LogP contribution in [0, 0.1) is 0 Å². The summed E-state index contributed by atoms with van der Waals surface area (Å²) in [5.41, 5.74) is 1.15. The van der Waals surface area contributed by atoms with Crippen LogP contribution >= 0.6 is 0 Å². The maximum absolute atomic E-state index is 11.7. The largest absolute Gasteiger partial charge is 0.336 e. The van der Waals surface area contributed by atoms with Gasteiger partial charge < -0.3 is 10.6 Å². The van der Waals surface area contributed by atoms with Crippen LogP contribution in [0.15, 0.2) is 30.3 Å². The molecule has 0 bridgehead atoms. The average Bonchev–Trinajstić information content (AvgIpc) is 2.36. The average molecular weight is 234 g/mol. The van der Waals surface area contributed by atoms with Gasteiger partial charge >= 0.3 is 6.03 Å². The van der Waals surface area contributed by atoms with Crippen LogP contribution in [0.3, 0.4) is 0 Å². The molecule has 2 unspecified atom stereocenters. The molecule has 1 rings (SSSR count). The first-order valence-corrected chi connectivity index (χ1v) is 6.29. The number of benzene rings is 1. The minimum Gasteiger partial charge on any atom is -0.336 e. The highest BCUT2D eigenvalue weighted by atomic mass is 16.2. The van der Waals surface area contributed by atoms with Gasteiger partial charge in [-0.15, -0.1) is 0 Å². The second-order valence-electron chi connectivity index (χ2n) is 4.30. The van der Waals surface area contributed by atoms with Gasteiger partial charge in [0.1, 0.15) is 0 Å². The molecule has 0 saturated carbocycles. The van der Waals surface area contributed by atoms with Crippen LogP contribution in [-0.2, 0) is 0 Å². The highest BCUT2D eigenvalue weighted by molar-refractivity contribution is 5.74. The smallest absolute Gasteiger partial charge is 0.315 e. The van der Waals surface area contributed by atoms with E-state index in [1.54, 1.807) is 0 Å². The first-order valence-electron chi connectivity index (χ1n) is 6.29. The lowest BCUT2D eigenvalue weighted by molar-refractivity contribution is 0.233. The van der Waals surface area contributed by atoms with E-state index in [1.165, 1.54) is 0 Å². The Morgan fingerprint density at radius 1 is 1.12 bits per heavy atom. The summed E-state index contributed by atoms with van der Waals surface area (Å²) < 4.78 is 0. The molecule has 0 aliphatic rings. The molecular weight excluding hydrogens is 212 g/mol. The van der Waals surface area contributed by atoms with Crippen molar-refractivity contribution in [1.29, 1.82) is 0 Å². The van der Waals surface area contributed by atoms with Crippen LogP contribution in [-0.4, -0.2) is 12.1 Å². The molecule has 3 heteroatoms. The lowest BCUT2D eigenvalue weighted by atomic mass is 10.1. The van der Waals surface area contributed by atoms with E-state index in [1.807, 2.05) is 37.3 Å². The summed E-state index contributed by atoms with van der Waals surface area (Å²) >= 11 is 0. The number of nitrogens with one attached hydrogen (secondary N) is 2. The molecule has 2 N–H and O–H groups in total. The van der Waals surface area contributed by atoms with Crippen molar-refractivity contribution in [3.63, 3.8) is 0 Å². The number of carbonyl (C=O) groups is 1. The first-order chi connectivity index (χ1) is 8.17. The molecule has 17 heavy (non-hydrogen) atoms. The van der Waals surface area contributed by atoms with Crippen LogP contribution in [0.4, 0.5) is 4.79 Å². The summed E-state index contributed by atoms with van der Waals surface area (Å²) in [6.07, 6.45) is 1.83. The summed E-state index contributed by atoms with van der Waals surface area (Å²) in [5.74, 6) is 0. The molecule has 0 aromatic heterocycles. The summed E-state index contributed by atoms with van der Waals surface area (Å²) in [6, 6.07) is 10.3. The maximum atomic E-state index is 11.7. The van der Waals surface area contributed by atoms with E-state index in [0.29, 0.717) is 0 Å². The molecule has 1 aromatic rings. The summed E-state index contributed by atoms with van der Waals surface area (Å²) in [7, 11) is 0. The van der Waals surface area contributed by atoms with E-state index in [4.69, 9.17) is 0 Å². The quantitative estimate of drug-likeness (QED) is 0.807. The van der Waals surface area contributed by atoms with Crippen molar-refractivity contribution < 1.29 is 4.79 Å². The third-order valence-electron chi connectivity index (χ3n) is 2.91. The Morgan fingerprint density at radius 3 is 2.29 bits per heavy atom. The molecule has 2 atom stereocenters. The number of hydrogen-bond acceptors (Lipinski definition) is 1. The van der Waals surface area contributed by atoms with Crippen molar-refractivity contribution in [2.75, 3.05) is 0 Å². The van der Waals surface area contributed by atoms with Gasteiger partial charge in [0.05, 0.1) is 6.04 Å². The molecule has 0 fully saturated rings. The predicted molar refractivity (Wildman–Crippen MR) is 70.9 cm³/mol. The third kappa shape index (κ3) is 4.47. The normalized spacial score (nSPS) is 13.8. The van der Waals surface area contributed by atoms with Crippen LogP contribution in [0.5, 0.6) is 0 Å². The number of rotatable bonds is 5. The van der Waals surface area contributed by atoms with Crippen molar-refractivity contribution in [3.8, 4) is 0 Å². The lowest BCUT2D eigenvalue weighted by Crippen LogP contribution is -2.42. The predicted octanol–water partition coefficient (Wildman–Crippen LogP) is 3.24. The Balaban J connectivity index is 2.56. The van der Waals surface area contributed by atoms with Gasteiger partial charge in [-0.3, -0.25) is 0 Å². The van der Waals surface area contributed by atoms with Crippen molar-refractivity contribution in [2.24, 2.45) is 0 Å². The molecule has 0 aliphatic carbocycles. The van der Waals surface area contributed by atoms with E-state index in [0.717, 1.165) is 18.4 Å². The maximum Gasteiger partial charge on any atom is 0.315 e. The Kier molecular flexibility index (Phi) is 5.53. The standard InChI is InChI=1S/C14H22N2O/c1-4-11(3)15-14(17)16-13(5-2)12-9-7-6-8-10-12/h6-11,13H,4-5H2,1-3H3,(H2,15,16,17). The minimum atomic E-state index is -0.0879. The van der Waals surface area contributed by atoms with Gasteiger partial charge in [-0.25, -0.2) is 4.79 Å². The molecule has 3 nitrogen and oxygen atoms in total. The topological polar surface area (TPSA) is 41.1 Å². The number of carbonyl (C=O) groups excluding carboxylic acids is 1. The molecule has 0 radical (unpaired) electrons. The van der Waals surface area contributed by atoms with E-state index in [9.17, 15) is 4.79 Å². The molecule has 94 valence electrons. The van der Waals surface area contributed by atoms with Crippen LogP contribution in [0.25, 0.3) is 0 Å². The zero-order valence-electron chi connectivity index (χ0n) is 10.9. The highest BCUT2D eigenvalue weighted by Gasteiger charge is 2.12. The van der Waals surface area contributed by atoms with Gasteiger partial charge in [0.15, 0.2) is 0 Å². The van der Waals surface area contributed by atoms with Gasteiger partial charge in [0.2, 0.25) is 0 Å². The van der Waals surface area contributed by atoms with Gasteiger partial charge in [-0.2, -0.15) is 0 Å². The minimum absolute atomic E-state index is 0.0836. The summed E-state index contributed by atoms with van der Waals surface area (Å²) in [5, 5.41) is 5.91. The summed E-state index contributed by atoms with van der Waals surface area (Å²) in [4.78, 5) is 11.7. The second-order valence-corrected chi connectivity index (χ2v) is 4.30. The number of urea groups is 1. The van der Waals surface area contributed by atoms with E-state index in [2.05, 4.69) is 24.5 Å². The number of amides is 2. The van der Waals surface area contributed by atoms with Crippen LogP contribution in [0.2, 0.25) is 0 Å². The van der Waals surface area contributed by atoms with Crippen molar-refractivity contribution in [3.05, 3.63) is 35.9 Å². The van der Waals surface area contributed by atoms with Crippen molar-refractivity contribution in [1.82, 2.24) is 10.6 Å². The molecule has 0 saturated heterocycles. The molecule has 2 amide bonds. The first kappa shape index (κ1) is 13.6.